The first-order valence-electron chi connectivity index (χ1n) is 8.98. The number of halogens is 1. The standard InChI is InChI=1S/C20H25ClN2O4S/c1-5-23(6-2)28(25,26)17-9-10-18(21)19(12-17)22-20(24)13-27-16-8-7-14(3)15(4)11-16/h7-12H,5-6,13H2,1-4H3,(H,22,24). The number of aryl methyl sites for hydroxylation is 2. The van der Waals surface area contributed by atoms with Crippen molar-refractivity contribution in [3.63, 3.8) is 0 Å². The second-order valence-electron chi connectivity index (χ2n) is 6.31. The van der Waals surface area contributed by atoms with E-state index in [4.69, 9.17) is 16.3 Å². The van der Waals surface area contributed by atoms with Crippen molar-refractivity contribution >= 4 is 33.2 Å². The molecule has 0 radical (unpaired) electrons. The zero-order valence-electron chi connectivity index (χ0n) is 16.5. The topological polar surface area (TPSA) is 75.7 Å². The average Bonchev–Trinajstić information content (AvgIpc) is 2.65. The Morgan fingerprint density at radius 2 is 1.75 bits per heavy atom. The number of sulfonamides is 1. The Bertz CT molecular complexity index is 957. The van der Waals surface area contributed by atoms with Crippen LogP contribution in [0.15, 0.2) is 41.3 Å². The molecule has 0 heterocycles. The van der Waals surface area contributed by atoms with E-state index in [9.17, 15) is 13.2 Å². The highest BCUT2D eigenvalue weighted by atomic mass is 35.5. The molecule has 0 atom stereocenters. The number of carbonyl (C=O) groups excluding carboxylic acids is 1. The second-order valence-corrected chi connectivity index (χ2v) is 8.66. The number of carbonyl (C=O) groups is 1. The van der Waals surface area contributed by atoms with Crippen LogP contribution in [0.4, 0.5) is 5.69 Å². The Balaban J connectivity index is 2.12. The van der Waals surface area contributed by atoms with E-state index in [1.807, 2.05) is 26.0 Å². The van der Waals surface area contributed by atoms with Crippen molar-refractivity contribution in [2.24, 2.45) is 0 Å². The molecule has 1 amide bonds. The predicted octanol–water partition coefficient (Wildman–Crippen LogP) is 4.00. The fraction of sp³-hybridized carbons (Fsp3) is 0.350. The maximum Gasteiger partial charge on any atom is 0.262 e. The summed E-state index contributed by atoms with van der Waals surface area (Å²) >= 11 is 6.13. The molecule has 0 aromatic heterocycles. The Kier molecular flexibility index (Phi) is 7.46. The summed E-state index contributed by atoms with van der Waals surface area (Å²) in [6.07, 6.45) is 0. The zero-order valence-corrected chi connectivity index (χ0v) is 18.0. The van der Waals surface area contributed by atoms with Gasteiger partial charge in [-0.1, -0.05) is 31.5 Å². The van der Waals surface area contributed by atoms with Crippen LogP contribution in [0.1, 0.15) is 25.0 Å². The van der Waals surface area contributed by atoms with Gasteiger partial charge in [0.2, 0.25) is 10.0 Å². The van der Waals surface area contributed by atoms with Crippen LogP contribution in [0.25, 0.3) is 0 Å². The molecule has 0 bridgehead atoms. The molecule has 0 saturated heterocycles. The van der Waals surface area contributed by atoms with E-state index in [0.717, 1.165) is 11.1 Å². The van der Waals surface area contributed by atoms with Crippen molar-refractivity contribution in [1.29, 1.82) is 0 Å². The molecule has 2 rings (SSSR count). The van der Waals surface area contributed by atoms with E-state index in [-0.39, 0.29) is 22.2 Å². The van der Waals surface area contributed by atoms with Crippen molar-refractivity contribution in [2.75, 3.05) is 25.0 Å². The van der Waals surface area contributed by atoms with Gasteiger partial charge in [-0.05, 0) is 55.3 Å². The lowest BCUT2D eigenvalue weighted by atomic mass is 10.1. The Morgan fingerprint density at radius 3 is 2.36 bits per heavy atom. The van der Waals surface area contributed by atoms with Gasteiger partial charge in [0.15, 0.2) is 6.61 Å². The first kappa shape index (κ1) is 22.2. The van der Waals surface area contributed by atoms with E-state index in [0.29, 0.717) is 18.8 Å². The molecular formula is C20H25ClN2O4S. The van der Waals surface area contributed by atoms with Gasteiger partial charge in [-0.3, -0.25) is 4.79 Å². The summed E-state index contributed by atoms with van der Waals surface area (Å²) in [6, 6.07) is 9.81. The number of rotatable bonds is 8. The smallest absolute Gasteiger partial charge is 0.262 e. The quantitative estimate of drug-likeness (QED) is 0.694. The van der Waals surface area contributed by atoms with E-state index >= 15 is 0 Å². The lowest BCUT2D eigenvalue weighted by molar-refractivity contribution is -0.118. The molecule has 0 saturated carbocycles. The van der Waals surface area contributed by atoms with Crippen LogP contribution in [0.3, 0.4) is 0 Å². The molecule has 2 aromatic rings. The number of benzene rings is 2. The molecule has 152 valence electrons. The van der Waals surface area contributed by atoms with Crippen molar-refractivity contribution in [2.45, 2.75) is 32.6 Å². The maximum absolute atomic E-state index is 12.7. The third-order valence-corrected chi connectivity index (χ3v) is 6.78. The van der Waals surface area contributed by atoms with Gasteiger partial charge in [0, 0.05) is 13.1 Å². The van der Waals surface area contributed by atoms with Gasteiger partial charge >= 0.3 is 0 Å². The van der Waals surface area contributed by atoms with Gasteiger partial charge in [0.25, 0.3) is 5.91 Å². The van der Waals surface area contributed by atoms with Crippen LogP contribution in [0.2, 0.25) is 5.02 Å². The van der Waals surface area contributed by atoms with E-state index in [2.05, 4.69) is 5.32 Å². The third kappa shape index (κ3) is 5.25. The fourth-order valence-electron chi connectivity index (χ4n) is 2.61. The van der Waals surface area contributed by atoms with Crippen LogP contribution < -0.4 is 10.1 Å². The molecule has 0 unspecified atom stereocenters. The predicted molar refractivity (Wildman–Crippen MR) is 112 cm³/mol. The molecule has 0 aliphatic carbocycles. The summed E-state index contributed by atoms with van der Waals surface area (Å²) in [5.74, 6) is 0.153. The van der Waals surface area contributed by atoms with Gasteiger partial charge in [-0.15, -0.1) is 0 Å². The van der Waals surface area contributed by atoms with Crippen molar-refractivity contribution in [1.82, 2.24) is 4.31 Å². The Labute approximate surface area is 171 Å². The molecule has 0 aliphatic heterocycles. The van der Waals surface area contributed by atoms with Gasteiger partial charge in [-0.2, -0.15) is 4.31 Å². The lowest BCUT2D eigenvalue weighted by Crippen LogP contribution is -2.30. The minimum Gasteiger partial charge on any atom is -0.484 e. The maximum atomic E-state index is 12.7. The number of ether oxygens (including phenoxy) is 1. The van der Waals surface area contributed by atoms with E-state index in [1.165, 1.54) is 22.5 Å². The number of hydrogen-bond donors (Lipinski definition) is 1. The summed E-state index contributed by atoms with van der Waals surface area (Å²) in [5, 5.41) is 2.86. The van der Waals surface area contributed by atoms with Gasteiger partial charge in [-0.25, -0.2) is 8.42 Å². The first-order chi connectivity index (χ1) is 13.2. The number of nitrogens with zero attached hydrogens (tertiary/aromatic N) is 1. The van der Waals surface area contributed by atoms with Crippen LogP contribution in [-0.4, -0.2) is 38.3 Å². The van der Waals surface area contributed by atoms with E-state index < -0.39 is 15.9 Å². The Hall–Kier alpha value is -2.09. The largest absolute Gasteiger partial charge is 0.484 e. The fourth-order valence-corrected chi connectivity index (χ4v) is 4.26. The summed E-state index contributed by atoms with van der Waals surface area (Å²) in [4.78, 5) is 12.3. The molecule has 0 spiro atoms. The molecule has 0 fully saturated rings. The normalized spacial score (nSPS) is 11.5. The molecule has 1 N–H and O–H groups in total. The number of amides is 1. The molecule has 28 heavy (non-hydrogen) atoms. The summed E-state index contributed by atoms with van der Waals surface area (Å²) in [6.45, 7) is 7.98. The monoisotopic (exact) mass is 424 g/mol. The molecule has 8 heteroatoms. The van der Waals surface area contributed by atoms with Crippen LogP contribution in [0.5, 0.6) is 5.75 Å². The van der Waals surface area contributed by atoms with Gasteiger partial charge < -0.3 is 10.1 Å². The zero-order chi connectivity index (χ0) is 20.9. The molecule has 6 nitrogen and oxygen atoms in total. The summed E-state index contributed by atoms with van der Waals surface area (Å²) in [5.41, 5.74) is 2.42. The SMILES string of the molecule is CCN(CC)S(=O)(=O)c1ccc(Cl)c(NC(=O)COc2ccc(C)c(C)c2)c1. The number of anilines is 1. The highest BCUT2D eigenvalue weighted by Crippen LogP contribution is 2.27. The van der Waals surface area contributed by atoms with Crippen molar-refractivity contribution < 1.29 is 17.9 Å². The number of hydrogen-bond acceptors (Lipinski definition) is 4. The first-order valence-corrected chi connectivity index (χ1v) is 10.8. The Morgan fingerprint density at radius 1 is 1.07 bits per heavy atom. The lowest BCUT2D eigenvalue weighted by Gasteiger charge is -2.19. The third-order valence-electron chi connectivity index (χ3n) is 4.40. The highest BCUT2D eigenvalue weighted by molar-refractivity contribution is 7.89. The minimum atomic E-state index is -3.65. The average molecular weight is 425 g/mol. The van der Waals surface area contributed by atoms with Crippen LogP contribution >= 0.6 is 11.6 Å². The van der Waals surface area contributed by atoms with Crippen LogP contribution in [0, 0.1) is 13.8 Å². The molecule has 2 aromatic carbocycles. The minimum absolute atomic E-state index is 0.0750. The van der Waals surface area contributed by atoms with E-state index in [1.54, 1.807) is 19.9 Å². The van der Waals surface area contributed by atoms with Gasteiger partial charge in [0.05, 0.1) is 15.6 Å². The van der Waals surface area contributed by atoms with Crippen molar-refractivity contribution in [3.05, 3.63) is 52.5 Å². The molecular weight excluding hydrogens is 400 g/mol. The summed E-state index contributed by atoms with van der Waals surface area (Å²) < 4.78 is 32.2. The van der Waals surface area contributed by atoms with Gasteiger partial charge in [0.1, 0.15) is 5.75 Å². The summed E-state index contributed by atoms with van der Waals surface area (Å²) in [7, 11) is -3.65. The number of nitrogens with one attached hydrogen (secondary N) is 1. The second kappa shape index (κ2) is 9.41. The molecule has 0 aliphatic rings. The van der Waals surface area contributed by atoms with Crippen LogP contribution in [-0.2, 0) is 14.8 Å². The van der Waals surface area contributed by atoms with Crippen molar-refractivity contribution in [3.8, 4) is 5.75 Å². The highest BCUT2D eigenvalue weighted by Gasteiger charge is 2.22.